The number of Topliss-reactive ketones (excluding diaryl/α,β-unsaturated/α-hetero) is 1. The fourth-order valence-electron chi connectivity index (χ4n) is 2.20. The second-order valence-corrected chi connectivity index (χ2v) is 4.45. The first-order valence-electron chi connectivity index (χ1n) is 6.27. The van der Waals surface area contributed by atoms with Gasteiger partial charge in [0.05, 0.1) is 0 Å². The summed E-state index contributed by atoms with van der Waals surface area (Å²) in [7, 11) is 0. The molecular weight excluding hydrogens is 222 g/mol. The van der Waals surface area contributed by atoms with Gasteiger partial charge in [-0.15, -0.1) is 12.3 Å². The van der Waals surface area contributed by atoms with Crippen LogP contribution >= 0.6 is 0 Å². The standard InChI is InChI=1S/C16H17NO/c1-2-7-14-15(10-6-11-16(14)18)17-12-13-8-4-3-5-9-13/h1,3-5,8-9,17H,6-7,10-12H2. The Kier molecular flexibility index (Phi) is 4.20. The molecule has 0 fully saturated rings. The van der Waals surface area contributed by atoms with Gasteiger partial charge in [-0.25, -0.2) is 0 Å². The third-order valence-corrected chi connectivity index (χ3v) is 3.16. The Morgan fingerprint density at radius 3 is 2.72 bits per heavy atom. The molecule has 1 aliphatic carbocycles. The van der Waals surface area contributed by atoms with Crippen molar-refractivity contribution in [2.45, 2.75) is 32.2 Å². The van der Waals surface area contributed by atoms with Crippen LogP contribution in [0, 0.1) is 12.3 Å². The predicted molar refractivity (Wildman–Crippen MR) is 72.6 cm³/mol. The van der Waals surface area contributed by atoms with Crippen molar-refractivity contribution in [2.24, 2.45) is 0 Å². The quantitative estimate of drug-likeness (QED) is 0.819. The molecule has 92 valence electrons. The molecule has 18 heavy (non-hydrogen) atoms. The molecule has 1 N–H and O–H groups in total. The molecule has 1 aromatic carbocycles. The first-order chi connectivity index (χ1) is 8.81. The van der Waals surface area contributed by atoms with E-state index in [-0.39, 0.29) is 5.78 Å². The second kappa shape index (κ2) is 6.07. The Bertz CT molecular complexity index is 494. The maximum Gasteiger partial charge on any atom is 0.161 e. The van der Waals surface area contributed by atoms with E-state index in [0.29, 0.717) is 12.8 Å². The highest BCUT2D eigenvalue weighted by atomic mass is 16.1. The van der Waals surface area contributed by atoms with E-state index in [1.54, 1.807) is 0 Å². The van der Waals surface area contributed by atoms with Crippen molar-refractivity contribution in [1.29, 1.82) is 0 Å². The molecule has 0 unspecified atom stereocenters. The van der Waals surface area contributed by atoms with Crippen molar-refractivity contribution >= 4 is 5.78 Å². The van der Waals surface area contributed by atoms with E-state index in [0.717, 1.165) is 30.7 Å². The highest BCUT2D eigenvalue weighted by Crippen LogP contribution is 2.22. The summed E-state index contributed by atoms with van der Waals surface area (Å²) in [5, 5.41) is 3.37. The molecule has 0 saturated carbocycles. The van der Waals surface area contributed by atoms with Crippen LogP contribution in [0.2, 0.25) is 0 Å². The summed E-state index contributed by atoms with van der Waals surface area (Å²) in [6, 6.07) is 10.2. The number of ketones is 1. The molecule has 0 amide bonds. The summed E-state index contributed by atoms with van der Waals surface area (Å²) in [5.74, 6) is 2.78. The number of rotatable bonds is 4. The molecule has 2 nitrogen and oxygen atoms in total. The van der Waals surface area contributed by atoms with Crippen LogP contribution in [-0.2, 0) is 11.3 Å². The smallest absolute Gasteiger partial charge is 0.161 e. The van der Waals surface area contributed by atoms with Crippen molar-refractivity contribution in [1.82, 2.24) is 5.32 Å². The van der Waals surface area contributed by atoms with Crippen molar-refractivity contribution in [3.8, 4) is 12.3 Å². The minimum atomic E-state index is 0.203. The zero-order valence-corrected chi connectivity index (χ0v) is 10.4. The third-order valence-electron chi connectivity index (χ3n) is 3.16. The molecular formula is C16H17NO. The van der Waals surface area contributed by atoms with Crippen molar-refractivity contribution in [3.05, 3.63) is 47.2 Å². The number of benzene rings is 1. The summed E-state index contributed by atoms with van der Waals surface area (Å²) in [6.07, 6.45) is 8.25. The Labute approximate surface area is 108 Å². The van der Waals surface area contributed by atoms with Crippen LogP contribution < -0.4 is 5.32 Å². The Balaban J connectivity index is 2.08. The molecule has 0 spiro atoms. The van der Waals surface area contributed by atoms with Gasteiger partial charge in [0.2, 0.25) is 0 Å². The number of hydrogen-bond donors (Lipinski definition) is 1. The highest BCUT2D eigenvalue weighted by Gasteiger charge is 2.19. The lowest BCUT2D eigenvalue weighted by molar-refractivity contribution is -0.116. The largest absolute Gasteiger partial charge is 0.384 e. The maximum absolute atomic E-state index is 11.8. The lowest BCUT2D eigenvalue weighted by atomic mass is 9.93. The van der Waals surface area contributed by atoms with Gasteiger partial charge >= 0.3 is 0 Å². The van der Waals surface area contributed by atoms with Gasteiger partial charge in [0, 0.05) is 30.7 Å². The van der Waals surface area contributed by atoms with Gasteiger partial charge in [-0.1, -0.05) is 30.3 Å². The van der Waals surface area contributed by atoms with Crippen LogP contribution in [-0.4, -0.2) is 5.78 Å². The molecule has 1 aromatic rings. The van der Waals surface area contributed by atoms with Gasteiger partial charge in [0.25, 0.3) is 0 Å². The summed E-state index contributed by atoms with van der Waals surface area (Å²) in [6.45, 7) is 0.748. The fourth-order valence-corrected chi connectivity index (χ4v) is 2.20. The second-order valence-electron chi connectivity index (χ2n) is 4.45. The van der Waals surface area contributed by atoms with Crippen LogP contribution in [0.3, 0.4) is 0 Å². The fraction of sp³-hybridized carbons (Fsp3) is 0.312. The van der Waals surface area contributed by atoms with Gasteiger partial charge in [0.15, 0.2) is 5.78 Å². The average Bonchev–Trinajstić information content (AvgIpc) is 2.41. The monoisotopic (exact) mass is 239 g/mol. The van der Waals surface area contributed by atoms with E-state index in [9.17, 15) is 4.79 Å². The molecule has 2 rings (SSSR count). The molecule has 0 aliphatic heterocycles. The van der Waals surface area contributed by atoms with Crippen LogP contribution in [0.25, 0.3) is 0 Å². The average molecular weight is 239 g/mol. The molecule has 0 aromatic heterocycles. The Morgan fingerprint density at radius 2 is 2.00 bits per heavy atom. The zero-order valence-electron chi connectivity index (χ0n) is 10.4. The Hall–Kier alpha value is -2.01. The summed E-state index contributed by atoms with van der Waals surface area (Å²) in [5.41, 5.74) is 3.05. The number of carbonyl (C=O) groups is 1. The van der Waals surface area contributed by atoms with Gasteiger partial charge < -0.3 is 5.32 Å². The van der Waals surface area contributed by atoms with Gasteiger partial charge in [-0.3, -0.25) is 4.79 Å². The predicted octanol–water partition coefficient (Wildman–Crippen LogP) is 2.81. The molecule has 0 saturated heterocycles. The lowest BCUT2D eigenvalue weighted by Gasteiger charge is -2.19. The van der Waals surface area contributed by atoms with E-state index in [4.69, 9.17) is 6.42 Å². The Morgan fingerprint density at radius 1 is 1.22 bits per heavy atom. The zero-order chi connectivity index (χ0) is 12.8. The molecule has 0 radical (unpaired) electrons. The number of hydrogen-bond acceptors (Lipinski definition) is 2. The summed E-state index contributed by atoms with van der Waals surface area (Å²) < 4.78 is 0. The van der Waals surface area contributed by atoms with E-state index in [2.05, 4.69) is 23.4 Å². The van der Waals surface area contributed by atoms with Gasteiger partial charge in [0.1, 0.15) is 0 Å². The van der Waals surface area contributed by atoms with Crippen LogP contribution in [0.15, 0.2) is 41.6 Å². The van der Waals surface area contributed by atoms with E-state index in [1.165, 1.54) is 5.56 Å². The number of nitrogens with one attached hydrogen (secondary N) is 1. The number of carbonyl (C=O) groups excluding carboxylic acids is 1. The molecule has 0 heterocycles. The minimum absolute atomic E-state index is 0.203. The van der Waals surface area contributed by atoms with Gasteiger partial charge in [-0.2, -0.15) is 0 Å². The number of terminal acetylenes is 1. The molecule has 0 bridgehead atoms. The van der Waals surface area contributed by atoms with Crippen molar-refractivity contribution < 1.29 is 4.79 Å². The first-order valence-corrected chi connectivity index (χ1v) is 6.27. The highest BCUT2D eigenvalue weighted by molar-refractivity contribution is 5.97. The molecule has 0 atom stereocenters. The van der Waals surface area contributed by atoms with Crippen molar-refractivity contribution in [3.63, 3.8) is 0 Å². The number of allylic oxidation sites excluding steroid dienone is 2. The first kappa shape index (κ1) is 12.4. The van der Waals surface area contributed by atoms with Gasteiger partial charge in [-0.05, 0) is 18.4 Å². The normalized spacial score (nSPS) is 15.4. The lowest BCUT2D eigenvalue weighted by Crippen LogP contribution is -2.22. The SMILES string of the molecule is C#CCC1=C(NCc2ccccc2)CCCC1=O. The van der Waals surface area contributed by atoms with Crippen LogP contribution in [0.5, 0.6) is 0 Å². The molecule has 2 heteroatoms. The van der Waals surface area contributed by atoms with E-state index < -0.39 is 0 Å². The topological polar surface area (TPSA) is 29.1 Å². The maximum atomic E-state index is 11.8. The third kappa shape index (κ3) is 3.01. The molecule has 1 aliphatic rings. The van der Waals surface area contributed by atoms with Crippen LogP contribution in [0.1, 0.15) is 31.2 Å². The van der Waals surface area contributed by atoms with Crippen LogP contribution in [0.4, 0.5) is 0 Å². The van der Waals surface area contributed by atoms with Crippen molar-refractivity contribution in [2.75, 3.05) is 0 Å². The van der Waals surface area contributed by atoms with E-state index in [1.807, 2.05) is 18.2 Å². The van der Waals surface area contributed by atoms with E-state index >= 15 is 0 Å². The summed E-state index contributed by atoms with van der Waals surface area (Å²) in [4.78, 5) is 11.8. The summed E-state index contributed by atoms with van der Waals surface area (Å²) >= 11 is 0. The minimum Gasteiger partial charge on any atom is -0.384 e.